The number of ketones is 1. The Balaban J connectivity index is 1.79. The fourth-order valence-corrected chi connectivity index (χ4v) is 3.17. The van der Waals surface area contributed by atoms with Crippen LogP contribution in [0.1, 0.15) is 34.3 Å². The first-order valence-electron chi connectivity index (χ1n) is 7.13. The summed E-state index contributed by atoms with van der Waals surface area (Å²) in [5.41, 5.74) is 3.07. The van der Waals surface area contributed by atoms with Crippen LogP contribution < -0.4 is 0 Å². The van der Waals surface area contributed by atoms with E-state index in [2.05, 4.69) is 4.90 Å². The van der Waals surface area contributed by atoms with Crippen LogP contribution in [-0.4, -0.2) is 42.5 Å². The number of carbonyl (C=O) groups excluding carboxylic acids is 1. The van der Waals surface area contributed by atoms with Crippen molar-refractivity contribution in [3.63, 3.8) is 0 Å². The molecule has 0 radical (unpaired) electrons. The van der Waals surface area contributed by atoms with E-state index in [1.807, 2.05) is 32.0 Å². The fraction of sp³-hybridized carbons (Fsp3) is 0.562. The molecule has 2 atom stereocenters. The molecule has 0 spiro atoms. The van der Waals surface area contributed by atoms with Crippen LogP contribution in [0, 0.1) is 13.8 Å². The second-order valence-electron chi connectivity index (χ2n) is 5.72. The monoisotopic (exact) mass is 259 g/mol. The molecule has 0 aromatic heterocycles. The topological polar surface area (TPSA) is 29.5 Å². The summed E-state index contributed by atoms with van der Waals surface area (Å²) in [6, 6.07) is 6.47. The van der Waals surface area contributed by atoms with Gasteiger partial charge >= 0.3 is 0 Å². The molecule has 1 aromatic carbocycles. The van der Waals surface area contributed by atoms with Gasteiger partial charge in [-0.2, -0.15) is 0 Å². The maximum Gasteiger partial charge on any atom is 0.193 e. The Hall–Kier alpha value is -1.19. The van der Waals surface area contributed by atoms with E-state index in [1.54, 1.807) is 0 Å². The predicted octanol–water partition coefficient (Wildman–Crippen LogP) is 2.35. The van der Waals surface area contributed by atoms with Crippen molar-refractivity contribution in [1.29, 1.82) is 0 Å². The van der Waals surface area contributed by atoms with Crippen molar-refractivity contribution in [2.75, 3.05) is 19.7 Å². The first-order valence-corrected chi connectivity index (χ1v) is 7.13. The standard InChI is InChI=1S/C16H21NO2/c1-11-5-3-7-14(12(11)2)16(18)15-9-17-8-4-6-13(17)10-19-15/h3,5,7,13,15H,4,6,8-10H2,1-2H3. The van der Waals surface area contributed by atoms with Gasteiger partial charge in [-0.3, -0.25) is 9.69 Å². The van der Waals surface area contributed by atoms with Gasteiger partial charge in [0.1, 0.15) is 6.10 Å². The first kappa shape index (κ1) is 12.8. The van der Waals surface area contributed by atoms with E-state index in [9.17, 15) is 4.79 Å². The molecular formula is C16H21NO2. The van der Waals surface area contributed by atoms with Crippen molar-refractivity contribution in [3.8, 4) is 0 Å². The highest BCUT2D eigenvalue weighted by atomic mass is 16.5. The number of carbonyl (C=O) groups is 1. The molecule has 2 fully saturated rings. The summed E-state index contributed by atoms with van der Waals surface area (Å²) in [7, 11) is 0. The molecule has 2 unspecified atom stereocenters. The maximum absolute atomic E-state index is 12.6. The highest BCUT2D eigenvalue weighted by Gasteiger charge is 2.35. The lowest BCUT2D eigenvalue weighted by Gasteiger charge is -2.34. The van der Waals surface area contributed by atoms with Crippen molar-refractivity contribution >= 4 is 5.78 Å². The van der Waals surface area contributed by atoms with Crippen molar-refractivity contribution < 1.29 is 9.53 Å². The lowest BCUT2D eigenvalue weighted by molar-refractivity contribution is -0.0344. The second kappa shape index (κ2) is 5.06. The Kier molecular flexibility index (Phi) is 3.42. The van der Waals surface area contributed by atoms with Gasteiger partial charge in [-0.15, -0.1) is 0 Å². The van der Waals surface area contributed by atoms with E-state index in [1.165, 1.54) is 18.4 Å². The smallest absolute Gasteiger partial charge is 0.193 e. The van der Waals surface area contributed by atoms with Crippen LogP contribution in [0.15, 0.2) is 18.2 Å². The summed E-state index contributed by atoms with van der Waals surface area (Å²) in [4.78, 5) is 15.0. The minimum absolute atomic E-state index is 0.145. The average Bonchev–Trinajstić information content (AvgIpc) is 2.88. The number of morpholine rings is 1. The third kappa shape index (κ3) is 2.33. The molecule has 0 amide bonds. The van der Waals surface area contributed by atoms with E-state index < -0.39 is 0 Å². The zero-order valence-electron chi connectivity index (χ0n) is 11.7. The number of hydrogen-bond acceptors (Lipinski definition) is 3. The van der Waals surface area contributed by atoms with Gasteiger partial charge < -0.3 is 4.74 Å². The molecule has 102 valence electrons. The summed E-state index contributed by atoms with van der Waals surface area (Å²) in [5, 5.41) is 0. The van der Waals surface area contributed by atoms with E-state index in [-0.39, 0.29) is 11.9 Å². The summed E-state index contributed by atoms with van der Waals surface area (Å²) < 4.78 is 5.81. The number of nitrogens with zero attached hydrogens (tertiary/aromatic N) is 1. The third-order valence-electron chi connectivity index (χ3n) is 4.55. The largest absolute Gasteiger partial charge is 0.367 e. The van der Waals surface area contributed by atoms with Gasteiger partial charge in [0.05, 0.1) is 6.61 Å². The Labute approximate surface area is 114 Å². The molecule has 3 rings (SSSR count). The summed E-state index contributed by atoms with van der Waals surface area (Å²) in [6.45, 7) is 6.65. The van der Waals surface area contributed by atoms with Gasteiger partial charge in [-0.25, -0.2) is 0 Å². The molecule has 0 aliphatic carbocycles. The molecule has 0 N–H and O–H groups in total. The molecule has 2 saturated heterocycles. The molecule has 2 heterocycles. The molecule has 0 saturated carbocycles. The first-order chi connectivity index (χ1) is 9.16. The summed E-state index contributed by atoms with van der Waals surface area (Å²) in [5.74, 6) is 0.145. The molecule has 3 heteroatoms. The van der Waals surface area contributed by atoms with Crippen molar-refractivity contribution in [2.24, 2.45) is 0 Å². The molecule has 0 bridgehead atoms. The Morgan fingerprint density at radius 3 is 3.05 bits per heavy atom. The molecule has 19 heavy (non-hydrogen) atoms. The van der Waals surface area contributed by atoms with Crippen LogP contribution in [-0.2, 0) is 4.74 Å². The van der Waals surface area contributed by atoms with Crippen molar-refractivity contribution in [1.82, 2.24) is 4.90 Å². The molecule has 1 aromatic rings. The highest BCUT2D eigenvalue weighted by Crippen LogP contribution is 2.25. The molecular weight excluding hydrogens is 238 g/mol. The Bertz CT molecular complexity index is 498. The van der Waals surface area contributed by atoms with Gasteiger partial charge in [0.2, 0.25) is 0 Å². The van der Waals surface area contributed by atoms with Gasteiger partial charge in [-0.1, -0.05) is 18.2 Å². The maximum atomic E-state index is 12.6. The molecule has 2 aliphatic rings. The lowest BCUT2D eigenvalue weighted by atomic mass is 9.96. The zero-order chi connectivity index (χ0) is 13.4. The van der Waals surface area contributed by atoms with E-state index in [4.69, 9.17) is 4.74 Å². The number of rotatable bonds is 2. The van der Waals surface area contributed by atoms with Crippen molar-refractivity contribution in [3.05, 3.63) is 34.9 Å². The van der Waals surface area contributed by atoms with E-state index in [0.717, 1.165) is 24.2 Å². The van der Waals surface area contributed by atoms with Crippen LogP contribution >= 0.6 is 0 Å². The Morgan fingerprint density at radius 2 is 2.21 bits per heavy atom. The van der Waals surface area contributed by atoms with Gasteiger partial charge in [0, 0.05) is 18.2 Å². The number of benzene rings is 1. The normalized spacial score (nSPS) is 27.3. The van der Waals surface area contributed by atoms with Crippen LogP contribution in [0.4, 0.5) is 0 Å². The second-order valence-corrected chi connectivity index (χ2v) is 5.72. The molecule has 2 aliphatic heterocycles. The van der Waals surface area contributed by atoms with Crippen LogP contribution in [0.25, 0.3) is 0 Å². The predicted molar refractivity (Wildman–Crippen MR) is 74.6 cm³/mol. The number of Topliss-reactive ketones (excluding diaryl/α,β-unsaturated/α-hetero) is 1. The third-order valence-corrected chi connectivity index (χ3v) is 4.55. The molecule has 3 nitrogen and oxygen atoms in total. The number of hydrogen-bond donors (Lipinski definition) is 0. The minimum atomic E-state index is -0.283. The fourth-order valence-electron chi connectivity index (χ4n) is 3.17. The Morgan fingerprint density at radius 1 is 1.37 bits per heavy atom. The van der Waals surface area contributed by atoms with Gasteiger partial charge in [-0.05, 0) is 44.4 Å². The number of ether oxygens (including phenoxy) is 1. The highest BCUT2D eigenvalue weighted by molar-refractivity contribution is 6.01. The van der Waals surface area contributed by atoms with Crippen LogP contribution in [0.5, 0.6) is 0 Å². The lowest BCUT2D eigenvalue weighted by Crippen LogP contribution is -2.49. The van der Waals surface area contributed by atoms with Crippen molar-refractivity contribution in [2.45, 2.75) is 38.8 Å². The van der Waals surface area contributed by atoms with Crippen LogP contribution in [0.2, 0.25) is 0 Å². The van der Waals surface area contributed by atoms with Crippen LogP contribution in [0.3, 0.4) is 0 Å². The van der Waals surface area contributed by atoms with E-state index in [0.29, 0.717) is 12.6 Å². The average molecular weight is 259 g/mol. The van der Waals surface area contributed by atoms with E-state index >= 15 is 0 Å². The summed E-state index contributed by atoms with van der Waals surface area (Å²) >= 11 is 0. The zero-order valence-corrected chi connectivity index (χ0v) is 11.7. The quantitative estimate of drug-likeness (QED) is 0.764. The number of fused-ring (bicyclic) bond motifs is 1. The SMILES string of the molecule is Cc1cccc(C(=O)C2CN3CCCC3CO2)c1C. The summed E-state index contributed by atoms with van der Waals surface area (Å²) in [6.07, 6.45) is 2.16. The minimum Gasteiger partial charge on any atom is -0.367 e. The van der Waals surface area contributed by atoms with Gasteiger partial charge in [0.15, 0.2) is 5.78 Å². The number of aryl methyl sites for hydroxylation is 1. The van der Waals surface area contributed by atoms with Gasteiger partial charge in [0.25, 0.3) is 0 Å².